The van der Waals surface area contributed by atoms with Crippen molar-refractivity contribution in [2.45, 2.75) is 43.5 Å². The summed E-state index contributed by atoms with van der Waals surface area (Å²) in [5.74, 6) is -1.62. The van der Waals surface area contributed by atoms with Gasteiger partial charge < -0.3 is 0 Å². The zero-order valence-electron chi connectivity index (χ0n) is 19.0. The maximum absolute atomic E-state index is 13.1. The minimum Gasteiger partial charge on any atom is -0.274 e. The maximum Gasteiger partial charge on any atom is 0.259 e. The SMILES string of the molecule is CC(=O)N(NC(=O)CSc1nc2ccccc2s1)C1CC(=O)N(c2ccc(C(C)C)cc2)C1=O. The molecular weight excluding hydrogens is 472 g/mol. The van der Waals surface area contributed by atoms with Gasteiger partial charge in [-0.2, -0.15) is 0 Å². The number of hydrazine groups is 1. The van der Waals surface area contributed by atoms with Gasteiger partial charge in [-0.15, -0.1) is 11.3 Å². The van der Waals surface area contributed by atoms with Gasteiger partial charge in [0.2, 0.25) is 17.7 Å². The Labute approximate surface area is 205 Å². The van der Waals surface area contributed by atoms with Crippen molar-refractivity contribution in [2.24, 2.45) is 0 Å². The highest BCUT2D eigenvalue weighted by atomic mass is 32.2. The van der Waals surface area contributed by atoms with E-state index >= 15 is 0 Å². The Balaban J connectivity index is 1.43. The van der Waals surface area contributed by atoms with Crippen LogP contribution in [0.5, 0.6) is 0 Å². The molecule has 3 aromatic rings. The number of aromatic nitrogens is 1. The van der Waals surface area contributed by atoms with Crippen LogP contribution in [0.25, 0.3) is 10.2 Å². The highest BCUT2D eigenvalue weighted by molar-refractivity contribution is 8.01. The van der Waals surface area contributed by atoms with Crippen molar-refractivity contribution in [2.75, 3.05) is 10.7 Å². The molecule has 10 heteroatoms. The molecular formula is C24H24N4O4S2. The lowest BCUT2D eigenvalue weighted by atomic mass is 10.0. The molecule has 1 unspecified atom stereocenters. The van der Waals surface area contributed by atoms with Gasteiger partial charge in [-0.25, -0.2) is 14.9 Å². The predicted octanol–water partition coefficient (Wildman–Crippen LogP) is 3.72. The van der Waals surface area contributed by atoms with Crippen molar-refractivity contribution in [1.29, 1.82) is 0 Å². The minimum absolute atomic E-state index is 0.0127. The first-order valence-corrected chi connectivity index (χ1v) is 12.6. The van der Waals surface area contributed by atoms with Crippen molar-refractivity contribution >= 4 is 62.6 Å². The van der Waals surface area contributed by atoms with Crippen LogP contribution in [0.1, 0.15) is 38.7 Å². The number of rotatable bonds is 6. The fourth-order valence-electron chi connectivity index (χ4n) is 3.68. The molecule has 1 fully saturated rings. The van der Waals surface area contributed by atoms with E-state index < -0.39 is 29.7 Å². The molecule has 1 aliphatic rings. The van der Waals surface area contributed by atoms with Crippen LogP contribution in [0.4, 0.5) is 5.69 Å². The maximum atomic E-state index is 13.1. The molecule has 1 aliphatic heterocycles. The highest BCUT2D eigenvalue weighted by Crippen LogP contribution is 2.30. The molecule has 1 saturated heterocycles. The second-order valence-electron chi connectivity index (χ2n) is 8.19. The van der Waals surface area contributed by atoms with E-state index in [9.17, 15) is 19.2 Å². The van der Waals surface area contributed by atoms with Crippen LogP contribution in [-0.4, -0.2) is 45.4 Å². The Kier molecular flexibility index (Phi) is 6.99. The first kappa shape index (κ1) is 23.9. The highest BCUT2D eigenvalue weighted by Gasteiger charge is 2.44. The summed E-state index contributed by atoms with van der Waals surface area (Å²) in [4.78, 5) is 56.2. The molecule has 4 rings (SSSR count). The molecule has 176 valence electrons. The number of imide groups is 1. The van der Waals surface area contributed by atoms with E-state index in [1.165, 1.54) is 30.0 Å². The smallest absolute Gasteiger partial charge is 0.259 e. The summed E-state index contributed by atoms with van der Waals surface area (Å²) < 4.78 is 1.75. The molecule has 0 saturated carbocycles. The first-order chi connectivity index (χ1) is 16.2. The molecule has 8 nitrogen and oxygen atoms in total. The third-order valence-corrected chi connectivity index (χ3v) is 7.62. The molecule has 0 spiro atoms. The van der Waals surface area contributed by atoms with Crippen molar-refractivity contribution in [3.05, 3.63) is 54.1 Å². The number of carbonyl (C=O) groups is 4. The van der Waals surface area contributed by atoms with E-state index in [4.69, 9.17) is 0 Å². The normalized spacial score (nSPS) is 15.9. The first-order valence-electron chi connectivity index (χ1n) is 10.8. The lowest BCUT2D eigenvalue weighted by Crippen LogP contribution is -2.54. The van der Waals surface area contributed by atoms with Gasteiger partial charge >= 0.3 is 0 Å². The summed E-state index contributed by atoms with van der Waals surface area (Å²) in [5, 5.41) is 0.962. The fraction of sp³-hybridized carbons (Fsp3) is 0.292. The van der Waals surface area contributed by atoms with Crippen molar-refractivity contribution in [3.63, 3.8) is 0 Å². The molecule has 0 bridgehead atoms. The molecule has 34 heavy (non-hydrogen) atoms. The fourth-order valence-corrected chi connectivity index (χ4v) is 5.54. The van der Waals surface area contributed by atoms with Gasteiger partial charge in [0.1, 0.15) is 6.04 Å². The summed E-state index contributed by atoms with van der Waals surface area (Å²) in [6.07, 6.45) is -0.199. The van der Waals surface area contributed by atoms with E-state index in [0.717, 1.165) is 30.0 Å². The summed E-state index contributed by atoms with van der Waals surface area (Å²) in [5.41, 5.74) is 4.90. The van der Waals surface area contributed by atoms with Gasteiger partial charge in [-0.1, -0.05) is 49.9 Å². The summed E-state index contributed by atoms with van der Waals surface area (Å²) in [6.45, 7) is 5.36. The van der Waals surface area contributed by atoms with E-state index in [-0.39, 0.29) is 12.2 Å². The third kappa shape index (κ3) is 4.97. The lowest BCUT2D eigenvalue weighted by Gasteiger charge is -2.26. The van der Waals surface area contributed by atoms with Gasteiger partial charge in [0.05, 0.1) is 28.1 Å². The average Bonchev–Trinajstić information content (AvgIpc) is 3.35. The van der Waals surface area contributed by atoms with E-state index in [1.807, 2.05) is 36.4 Å². The second kappa shape index (κ2) is 9.94. The van der Waals surface area contributed by atoms with Gasteiger partial charge in [0, 0.05) is 6.92 Å². The number of carbonyl (C=O) groups excluding carboxylic acids is 4. The summed E-state index contributed by atoms with van der Waals surface area (Å²) in [7, 11) is 0. The molecule has 0 aliphatic carbocycles. The number of benzene rings is 2. The van der Waals surface area contributed by atoms with Crippen LogP contribution in [-0.2, 0) is 19.2 Å². The number of hydrogen-bond acceptors (Lipinski definition) is 7. The molecule has 2 aromatic carbocycles. The Morgan fingerprint density at radius 2 is 1.88 bits per heavy atom. The van der Waals surface area contributed by atoms with Crippen molar-refractivity contribution in [1.82, 2.24) is 15.4 Å². The molecule has 1 N–H and O–H groups in total. The molecule has 0 radical (unpaired) electrons. The lowest BCUT2D eigenvalue weighted by molar-refractivity contribution is -0.145. The Morgan fingerprint density at radius 3 is 2.53 bits per heavy atom. The Hall–Kier alpha value is -3.24. The second-order valence-corrected chi connectivity index (χ2v) is 10.4. The summed E-state index contributed by atoms with van der Waals surface area (Å²) >= 11 is 2.72. The third-order valence-electron chi connectivity index (χ3n) is 5.44. The Morgan fingerprint density at radius 1 is 1.18 bits per heavy atom. The predicted molar refractivity (Wildman–Crippen MR) is 132 cm³/mol. The van der Waals surface area contributed by atoms with Gasteiger partial charge in [-0.3, -0.25) is 24.6 Å². The van der Waals surface area contributed by atoms with Gasteiger partial charge in [-0.05, 0) is 35.7 Å². The van der Waals surface area contributed by atoms with E-state index in [2.05, 4.69) is 24.3 Å². The van der Waals surface area contributed by atoms with Gasteiger partial charge in [0.15, 0.2) is 4.34 Å². The average molecular weight is 497 g/mol. The zero-order valence-corrected chi connectivity index (χ0v) is 20.6. The van der Waals surface area contributed by atoms with Crippen molar-refractivity contribution < 1.29 is 19.2 Å². The number of para-hydroxylation sites is 1. The van der Waals surface area contributed by atoms with Crippen LogP contribution >= 0.6 is 23.1 Å². The number of fused-ring (bicyclic) bond motifs is 1. The van der Waals surface area contributed by atoms with Crippen molar-refractivity contribution in [3.8, 4) is 0 Å². The van der Waals surface area contributed by atoms with Crippen LogP contribution in [0.3, 0.4) is 0 Å². The van der Waals surface area contributed by atoms with Crippen LogP contribution in [0.2, 0.25) is 0 Å². The number of thioether (sulfide) groups is 1. The van der Waals surface area contributed by atoms with E-state index in [1.54, 1.807) is 12.1 Å². The zero-order chi connectivity index (χ0) is 24.4. The number of anilines is 1. The Bertz CT molecular complexity index is 1220. The quantitative estimate of drug-likeness (QED) is 0.317. The minimum atomic E-state index is -1.09. The van der Waals surface area contributed by atoms with Crippen LogP contribution in [0, 0.1) is 0 Å². The van der Waals surface area contributed by atoms with Gasteiger partial charge in [0.25, 0.3) is 5.91 Å². The largest absolute Gasteiger partial charge is 0.274 e. The van der Waals surface area contributed by atoms with Crippen LogP contribution in [0.15, 0.2) is 52.9 Å². The number of nitrogens with one attached hydrogen (secondary N) is 1. The monoisotopic (exact) mass is 496 g/mol. The molecule has 2 heterocycles. The standard InChI is InChI=1S/C24H24N4O4S2/c1-14(2)16-8-10-17(11-9-16)27-22(31)12-19(23(27)32)28(15(3)29)26-21(30)13-33-24-25-18-6-4-5-7-20(18)34-24/h4-11,14,19H,12-13H2,1-3H3,(H,26,30). The number of amides is 4. The molecule has 1 atom stereocenters. The number of thiazole rings is 1. The topological polar surface area (TPSA) is 99.7 Å². The van der Waals surface area contributed by atoms with Crippen LogP contribution < -0.4 is 10.3 Å². The molecule has 4 amide bonds. The number of nitrogens with zero attached hydrogens (tertiary/aromatic N) is 3. The molecule has 1 aromatic heterocycles. The number of hydrogen-bond donors (Lipinski definition) is 1. The van der Waals surface area contributed by atoms with E-state index in [0.29, 0.717) is 11.6 Å². The summed E-state index contributed by atoms with van der Waals surface area (Å²) in [6, 6.07) is 13.8.